The molecule has 0 saturated heterocycles. The molecule has 14 aromatic rings. The summed E-state index contributed by atoms with van der Waals surface area (Å²) in [6.07, 6.45) is 59.1. The number of nitrogens with zero attached hydrogens (tertiary/aromatic N) is 8. The van der Waals surface area contributed by atoms with Gasteiger partial charge in [-0.25, -0.2) is 0 Å². The van der Waals surface area contributed by atoms with Gasteiger partial charge in [0.2, 0.25) is 0 Å². The van der Waals surface area contributed by atoms with Crippen LogP contribution in [-0.2, 0) is 36.5 Å². The van der Waals surface area contributed by atoms with Crippen LogP contribution < -0.4 is 0 Å². The van der Waals surface area contributed by atoms with Crippen molar-refractivity contribution in [2.45, 2.75) is 321 Å². The van der Waals surface area contributed by atoms with Crippen LogP contribution in [0.1, 0.15) is 394 Å². The van der Waals surface area contributed by atoms with E-state index in [1.165, 1.54) is 327 Å². The zero-order valence-electron chi connectivity index (χ0n) is 83.4. The number of allylic oxidation sites excluding steroid dienone is 6. The predicted molar refractivity (Wildman–Crippen MR) is 599 cm³/mol. The lowest BCUT2D eigenvalue weighted by Crippen LogP contribution is -2.29. The van der Waals surface area contributed by atoms with Crippen LogP contribution in [0.4, 0.5) is 0 Å². The molecule has 0 bridgehead atoms. The fourth-order valence-corrected chi connectivity index (χ4v) is 30.1. The first-order chi connectivity index (χ1) is 70.0. The molecule has 0 aliphatic heterocycles. The predicted octanol–water partition coefficient (Wildman–Crippen LogP) is 37.2. The van der Waals surface area contributed by atoms with Crippen LogP contribution in [0, 0.1) is 45.3 Å². The van der Waals surface area contributed by atoms with Crippen LogP contribution >= 0.6 is 68.8 Å². The van der Waals surface area contributed by atoms with Crippen molar-refractivity contribution >= 4 is 135 Å². The second kappa shape index (κ2) is 48.4. The summed E-state index contributed by atoms with van der Waals surface area (Å²) in [5.41, 5.74) is 22.9. The summed E-state index contributed by atoms with van der Waals surface area (Å²) >= 11 is 9.97. The molecule has 142 heavy (non-hydrogen) atoms. The lowest BCUT2D eigenvalue weighted by molar-refractivity contribution is 0.103. The molecule has 18 rings (SSSR count). The molecule has 0 saturated carbocycles. The molecule has 6 aromatic heterocycles. The Morgan fingerprint density at radius 1 is 0.289 bits per heavy atom. The van der Waals surface area contributed by atoms with E-state index in [-0.39, 0.29) is 22.7 Å². The number of Topliss-reactive ketones (excluding diaryl/α,β-unsaturated/α-hetero) is 2. The summed E-state index contributed by atoms with van der Waals surface area (Å²) in [4.78, 5) is 36.4. The van der Waals surface area contributed by atoms with Gasteiger partial charge in [0.1, 0.15) is 57.5 Å². The molecule has 0 unspecified atom stereocenters. The monoisotopic (exact) mass is 1980 g/mol. The number of nitriles is 4. The van der Waals surface area contributed by atoms with Gasteiger partial charge in [-0.3, -0.25) is 9.59 Å². The number of aryl methyl sites for hydroxylation is 4. The van der Waals surface area contributed by atoms with Crippen molar-refractivity contribution in [2.75, 3.05) is 0 Å². The van der Waals surface area contributed by atoms with Gasteiger partial charge in [-0.1, -0.05) is 429 Å². The second-order valence-electron chi connectivity index (χ2n) is 40.1. The Morgan fingerprint density at radius 3 is 0.824 bits per heavy atom. The topological polar surface area (TPSA) is 181 Å². The van der Waals surface area contributed by atoms with Crippen molar-refractivity contribution in [1.82, 2.24) is 17.5 Å². The third-order valence-corrected chi connectivity index (χ3v) is 36.9. The van der Waals surface area contributed by atoms with Crippen molar-refractivity contribution in [1.29, 1.82) is 21.0 Å². The SMILES string of the molecule is CCCCCCCCCCCCc1ccc(C2(c3ccc(CCCCCCCCCCCC)cc3)c3cc(-c4ccc(/C=C5\C(=O)c6ccccc6C5=C(C#N)C#N)c5nsnc45)sc3-c3sc4c5c(sc4c32)-c2sc(-c3ccc(/C=C4\C(=O)c6ccccc6C4=C(C#N)C#N)c4nsnc34)cc2C5(c2ccc(CCCCCCCCCCCC)cc2)c2ccc(CCCCCCCCCCCC)cc2)cc1. The van der Waals surface area contributed by atoms with Crippen molar-refractivity contribution in [3.05, 3.63) is 304 Å². The highest BCUT2D eigenvalue weighted by Gasteiger charge is 2.56. The van der Waals surface area contributed by atoms with Crippen LogP contribution in [0.5, 0.6) is 0 Å². The maximum absolute atomic E-state index is 14.6. The van der Waals surface area contributed by atoms with E-state index in [4.69, 9.17) is 17.5 Å². The number of ketones is 2. The van der Waals surface area contributed by atoms with Crippen LogP contribution in [0.2, 0.25) is 0 Å². The Labute approximate surface area is 866 Å². The lowest BCUT2D eigenvalue weighted by Gasteiger charge is -2.34. The highest BCUT2D eigenvalue weighted by Crippen LogP contribution is 2.71. The van der Waals surface area contributed by atoms with E-state index in [0.29, 0.717) is 66.7 Å². The third-order valence-electron chi connectivity index (χ3n) is 30.7. The van der Waals surface area contributed by atoms with Gasteiger partial charge in [0.25, 0.3) is 0 Å². The number of fused-ring (bicyclic) bond motifs is 13. The van der Waals surface area contributed by atoms with E-state index in [9.17, 15) is 30.6 Å². The summed E-state index contributed by atoms with van der Waals surface area (Å²) in [6.45, 7) is 9.19. The lowest BCUT2D eigenvalue weighted by atomic mass is 9.67. The quantitative estimate of drug-likeness (QED) is 0.0202. The molecule has 0 atom stereocenters. The summed E-state index contributed by atoms with van der Waals surface area (Å²) in [7, 11) is 0. The molecular weight excluding hydrogens is 1850 g/mol. The smallest absolute Gasteiger partial charge is 0.194 e. The van der Waals surface area contributed by atoms with E-state index in [1.54, 1.807) is 12.1 Å². The molecule has 10 nitrogen and oxygen atoms in total. The first-order valence-electron chi connectivity index (χ1n) is 53.6. The number of unbranched alkanes of at least 4 members (excludes halogenated alkanes) is 36. The van der Waals surface area contributed by atoms with Gasteiger partial charge < -0.3 is 0 Å². The van der Waals surface area contributed by atoms with Gasteiger partial charge in [0.05, 0.1) is 63.2 Å². The zero-order chi connectivity index (χ0) is 97.7. The van der Waals surface area contributed by atoms with Gasteiger partial charge >= 0.3 is 0 Å². The average molecular weight is 1980 g/mol. The van der Waals surface area contributed by atoms with Gasteiger partial charge in [-0.05, 0) is 142 Å². The van der Waals surface area contributed by atoms with Crippen molar-refractivity contribution < 1.29 is 9.59 Å². The van der Waals surface area contributed by atoms with Crippen molar-refractivity contribution in [3.8, 4) is 64.7 Å². The van der Waals surface area contributed by atoms with Gasteiger partial charge in [-0.2, -0.15) is 38.5 Å². The minimum Gasteiger partial charge on any atom is -0.289 e. The normalized spacial score (nSPS) is 14.1. The summed E-state index contributed by atoms with van der Waals surface area (Å²) in [6, 6.07) is 76.0. The number of hydrogen-bond acceptors (Lipinski definition) is 16. The number of hydrogen-bond donors (Lipinski definition) is 0. The van der Waals surface area contributed by atoms with E-state index in [1.807, 2.05) is 106 Å². The molecule has 4 aliphatic rings. The maximum Gasteiger partial charge on any atom is 0.194 e. The standard InChI is InChI=1S/C126H132N8O2S6/c1-5-9-13-17-21-25-29-33-37-41-49-85-57-67-93(68-58-85)125(94-69-59-86(60-70-94)50-42-38-34-30-26-22-18-14-10-6-2)105-79-107(101-75-65-89(113-115(101)133-141-131-113)77-103-109(91(81-127)82-128)97-53-45-47-55-99(97)117(103)135)137-119(105)121-111(125)123-124(139-121)112-122(140-123)120-106(80-108(138-120)102-76-66-90(114-116(102)134-142-132-114)78-104-110(92(83-129)84-130)98-54-46-48-56-100(98)118(104)136)126(112,95-71-61-87(62-72-95)51-43-39-35-31-27-23-19-15-11-7-3)96-73-63-88(64-74-96)52-44-40-36-32-28-24-20-16-12-8-4/h45-48,53-80H,5-44,49-52H2,1-4H3/b103-77-,104-78-. The second-order valence-corrected chi connectivity index (χ2v) is 45.3. The largest absolute Gasteiger partial charge is 0.289 e. The number of rotatable bonds is 52. The molecule has 0 spiro atoms. The van der Waals surface area contributed by atoms with E-state index in [2.05, 4.69) is 173 Å². The number of carbonyl (C=O) groups excluding carboxylic acids is 2. The van der Waals surface area contributed by atoms with Gasteiger partial charge in [-0.15, -0.1) is 45.3 Å². The maximum atomic E-state index is 14.6. The fourth-order valence-electron chi connectivity index (χ4n) is 23.0. The zero-order valence-corrected chi connectivity index (χ0v) is 88.3. The van der Waals surface area contributed by atoms with E-state index >= 15 is 0 Å². The Morgan fingerprint density at radius 2 is 0.549 bits per heavy atom. The Hall–Kier alpha value is -11.3. The Balaban J connectivity index is 0.820. The number of benzene rings is 8. The molecule has 16 heteroatoms. The first kappa shape index (κ1) is 101. The molecular formula is C126H132N8O2S6. The number of aromatic nitrogens is 4. The molecule has 6 heterocycles. The third kappa shape index (κ3) is 20.9. The minimum absolute atomic E-state index is 0.112. The number of carbonyl (C=O) groups is 2. The highest BCUT2D eigenvalue weighted by molar-refractivity contribution is 7.35. The van der Waals surface area contributed by atoms with E-state index in [0.717, 1.165) is 107 Å². The van der Waals surface area contributed by atoms with Gasteiger partial charge in [0.15, 0.2) is 11.6 Å². The first-order valence-corrected chi connectivity index (χ1v) is 58.4. The fraction of sp³-hybridized carbons (Fsp3) is 0.397. The summed E-state index contributed by atoms with van der Waals surface area (Å²) < 4.78 is 23.1. The molecule has 0 radical (unpaired) electrons. The Bertz CT molecular complexity index is 6550. The summed E-state index contributed by atoms with van der Waals surface area (Å²) in [5, 5.41) is 41.9. The molecule has 724 valence electrons. The molecule has 0 amide bonds. The molecule has 0 N–H and O–H groups in total. The number of thiophene rings is 4. The molecule has 4 aliphatic carbocycles. The van der Waals surface area contributed by atoms with Crippen LogP contribution in [-0.4, -0.2) is 29.1 Å². The molecule has 8 aromatic carbocycles. The molecule has 0 fully saturated rings. The van der Waals surface area contributed by atoms with Crippen molar-refractivity contribution in [2.24, 2.45) is 0 Å². The van der Waals surface area contributed by atoms with Crippen LogP contribution in [0.15, 0.2) is 204 Å². The van der Waals surface area contributed by atoms with Crippen LogP contribution in [0.3, 0.4) is 0 Å². The highest BCUT2D eigenvalue weighted by atomic mass is 32.1. The van der Waals surface area contributed by atoms with Crippen LogP contribution in [0.25, 0.3) is 95.2 Å². The minimum atomic E-state index is -0.836. The van der Waals surface area contributed by atoms with E-state index < -0.39 is 10.8 Å². The van der Waals surface area contributed by atoms with Crippen molar-refractivity contribution in [3.63, 3.8) is 0 Å². The Kier molecular flexibility index (Phi) is 34.4. The van der Waals surface area contributed by atoms with Gasteiger partial charge in [0, 0.05) is 76.6 Å². The summed E-state index contributed by atoms with van der Waals surface area (Å²) in [5.74, 6) is -0.479. The average Bonchev–Trinajstić information content (AvgIpc) is 1.48.